The summed E-state index contributed by atoms with van der Waals surface area (Å²) in [5.41, 5.74) is 6.44. The molecule has 9 rings (SSSR count). The molecule has 0 radical (unpaired) electrons. The molecule has 2 N–H and O–H groups in total. The normalized spacial score (nSPS) is 24.8. The molecule has 362 valence electrons. The molecule has 1 saturated carbocycles. The lowest BCUT2D eigenvalue weighted by Crippen LogP contribution is -2.70. The van der Waals surface area contributed by atoms with Crippen molar-refractivity contribution in [2.75, 3.05) is 33.2 Å². The maximum atomic E-state index is 15.6. The van der Waals surface area contributed by atoms with E-state index in [-0.39, 0.29) is 63.2 Å². The van der Waals surface area contributed by atoms with Crippen molar-refractivity contribution < 1.29 is 48.3 Å². The van der Waals surface area contributed by atoms with E-state index < -0.39 is 24.0 Å². The number of nitriles is 1. The first-order chi connectivity index (χ1) is 33.7. The number of oxime groups is 1. The molecule has 69 heavy (non-hydrogen) atoms. The molecule has 7 atom stereocenters. The van der Waals surface area contributed by atoms with Crippen molar-refractivity contribution in [1.29, 1.82) is 5.26 Å². The number of unbranched alkanes of at least 4 members (excludes halogenated alkanes) is 2. The SMILES string of the molecule is C=CCOC12Oc3ccc(Oc4ccc(C)c(C)c4)cc3C3C(CCCCO)C(CCCCO)C=C(C(=NOC4CCCCO4)CC1N(Cc1ccc4c(c1)OCO4)C(=O)c1ccc(C#N)cc1)C32. The molecule has 1 saturated heterocycles. The van der Waals surface area contributed by atoms with Gasteiger partial charge in [0.05, 0.1) is 36.5 Å². The number of nitrogens with zero attached hydrogens (tertiary/aromatic N) is 3. The van der Waals surface area contributed by atoms with E-state index in [0.717, 1.165) is 66.5 Å². The van der Waals surface area contributed by atoms with Crippen LogP contribution in [0.4, 0.5) is 0 Å². The zero-order chi connectivity index (χ0) is 47.9. The highest BCUT2D eigenvalue weighted by molar-refractivity contribution is 6.03. The molecule has 0 aromatic heterocycles. The molecule has 2 fully saturated rings. The summed E-state index contributed by atoms with van der Waals surface area (Å²) in [5, 5.41) is 34.9. The van der Waals surface area contributed by atoms with Crippen LogP contribution in [0.25, 0.3) is 0 Å². The van der Waals surface area contributed by atoms with Crippen LogP contribution in [0.5, 0.6) is 28.7 Å². The van der Waals surface area contributed by atoms with Crippen LogP contribution in [0.3, 0.4) is 0 Å². The summed E-state index contributed by atoms with van der Waals surface area (Å²) in [6.45, 7) is 9.31. The Morgan fingerprint density at radius 3 is 2.43 bits per heavy atom. The molecule has 3 aliphatic heterocycles. The predicted octanol–water partition coefficient (Wildman–Crippen LogP) is 10.2. The van der Waals surface area contributed by atoms with Gasteiger partial charge in [0.25, 0.3) is 5.91 Å². The lowest BCUT2D eigenvalue weighted by Gasteiger charge is -2.60. The third-order valence-corrected chi connectivity index (χ3v) is 14.5. The van der Waals surface area contributed by atoms with Gasteiger partial charge in [-0.05, 0) is 153 Å². The lowest BCUT2D eigenvalue weighted by atomic mass is 9.55. The number of fused-ring (bicyclic) bond motifs is 3. The Labute approximate surface area is 404 Å². The number of benzene rings is 4. The standard InChI is InChI=1S/C56H63N3O10/c1-4-26-66-56-51(59(55(62)40-18-15-38(33-57)16-19-40)34-39-17-22-49-50(29-39)65-35-64-49)32-47(58-69-52-13-7-10-27-63-52)45-30-41(11-5-8-24-60)44(12-6-9-25-61)53(54(45)56)46-31-43(21-23-48(46)68-56)67-42-20-14-36(2)37(3)28-42/h4,14-23,28-31,41,44,51-54,60-61H,1,5-13,24-27,32,34-35H2,2-3H3. The summed E-state index contributed by atoms with van der Waals surface area (Å²) in [5.74, 6) is 0.614. The van der Waals surface area contributed by atoms with Gasteiger partial charge in [0.1, 0.15) is 23.3 Å². The second kappa shape index (κ2) is 21.6. The summed E-state index contributed by atoms with van der Waals surface area (Å²) in [4.78, 5) is 23.8. The van der Waals surface area contributed by atoms with Crippen LogP contribution in [-0.4, -0.2) is 78.1 Å². The number of rotatable bonds is 19. The molecule has 5 aliphatic rings. The summed E-state index contributed by atoms with van der Waals surface area (Å²) in [6, 6.07) is 25.8. The van der Waals surface area contributed by atoms with Gasteiger partial charge in [0.15, 0.2) is 11.5 Å². The first-order valence-corrected chi connectivity index (χ1v) is 24.5. The van der Waals surface area contributed by atoms with Gasteiger partial charge < -0.3 is 48.4 Å². The number of aliphatic hydroxyl groups is 2. The minimum Gasteiger partial charge on any atom is -0.459 e. The highest BCUT2D eigenvalue weighted by Crippen LogP contribution is 2.62. The van der Waals surface area contributed by atoms with E-state index in [1.807, 2.05) is 47.4 Å². The fourth-order valence-electron chi connectivity index (χ4n) is 11.0. The maximum absolute atomic E-state index is 15.6. The van der Waals surface area contributed by atoms with Gasteiger partial charge in [0, 0.05) is 49.6 Å². The molecule has 0 bridgehead atoms. The monoisotopic (exact) mass is 937 g/mol. The second-order valence-corrected chi connectivity index (χ2v) is 18.8. The van der Waals surface area contributed by atoms with Crippen molar-refractivity contribution in [3.05, 3.63) is 137 Å². The highest BCUT2D eigenvalue weighted by atomic mass is 16.8. The molecule has 2 aliphatic carbocycles. The number of carbonyl (C=O) groups is 1. The minimum absolute atomic E-state index is 0.00866. The number of ether oxygens (including phenoxy) is 6. The maximum Gasteiger partial charge on any atom is 0.254 e. The molecule has 13 nitrogen and oxygen atoms in total. The van der Waals surface area contributed by atoms with E-state index in [1.165, 1.54) is 5.56 Å². The quantitative estimate of drug-likeness (QED) is 0.0523. The van der Waals surface area contributed by atoms with Crippen molar-refractivity contribution in [1.82, 2.24) is 4.90 Å². The van der Waals surface area contributed by atoms with E-state index in [9.17, 15) is 15.5 Å². The molecule has 7 unspecified atom stereocenters. The van der Waals surface area contributed by atoms with Crippen LogP contribution >= 0.6 is 0 Å². The van der Waals surface area contributed by atoms with Crippen LogP contribution in [0.2, 0.25) is 0 Å². The first kappa shape index (κ1) is 47.9. The Morgan fingerprint density at radius 2 is 1.68 bits per heavy atom. The van der Waals surface area contributed by atoms with E-state index in [4.69, 9.17) is 38.4 Å². The molecular formula is C56H63N3O10. The number of hydrogen-bond donors (Lipinski definition) is 2. The Bertz CT molecular complexity index is 2580. The van der Waals surface area contributed by atoms with Crippen LogP contribution < -0.4 is 18.9 Å². The van der Waals surface area contributed by atoms with Crippen molar-refractivity contribution in [3.63, 3.8) is 0 Å². The fourth-order valence-corrected chi connectivity index (χ4v) is 11.0. The van der Waals surface area contributed by atoms with Crippen LogP contribution in [0.1, 0.15) is 108 Å². The van der Waals surface area contributed by atoms with Crippen LogP contribution in [-0.2, 0) is 20.9 Å². The second-order valence-electron chi connectivity index (χ2n) is 18.8. The smallest absolute Gasteiger partial charge is 0.254 e. The van der Waals surface area contributed by atoms with Gasteiger partial charge in [-0.1, -0.05) is 42.3 Å². The zero-order valence-electron chi connectivity index (χ0n) is 39.6. The van der Waals surface area contributed by atoms with Crippen molar-refractivity contribution >= 4 is 11.6 Å². The van der Waals surface area contributed by atoms with E-state index in [2.05, 4.69) is 44.7 Å². The Hall–Kier alpha value is -6.17. The van der Waals surface area contributed by atoms with Crippen molar-refractivity contribution in [2.24, 2.45) is 22.9 Å². The summed E-state index contributed by atoms with van der Waals surface area (Å²) in [7, 11) is 0. The predicted molar refractivity (Wildman–Crippen MR) is 259 cm³/mol. The van der Waals surface area contributed by atoms with Crippen molar-refractivity contribution in [3.8, 4) is 34.8 Å². The van der Waals surface area contributed by atoms with Crippen molar-refractivity contribution in [2.45, 2.75) is 109 Å². The molecule has 4 aromatic carbocycles. The molecule has 13 heteroatoms. The third-order valence-electron chi connectivity index (χ3n) is 14.5. The minimum atomic E-state index is -1.52. The average molecular weight is 938 g/mol. The van der Waals surface area contributed by atoms with Gasteiger partial charge in [-0.3, -0.25) is 4.79 Å². The zero-order valence-corrected chi connectivity index (χ0v) is 39.6. The summed E-state index contributed by atoms with van der Waals surface area (Å²) < 4.78 is 39.0. The topological polar surface area (TPSA) is 162 Å². The molecule has 4 aromatic rings. The number of carbonyl (C=O) groups excluding carboxylic acids is 1. The fraction of sp³-hybridized carbons (Fsp3) is 0.446. The lowest BCUT2D eigenvalue weighted by molar-refractivity contribution is -0.255. The molecular weight excluding hydrogens is 875 g/mol. The van der Waals surface area contributed by atoms with E-state index >= 15 is 4.79 Å². The number of amides is 1. The third kappa shape index (κ3) is 10.1. The Kier molecular flexibility index (Phi) is 15.0. The number of allylic oxidation sites excluding steroid dienone is 1. The van der Waals surface area contributed by atoms with E-state index in [0.29, 0.717) is 65.7 Å². The van der Waals surface area contributed by atoms with E-state index in [1.54, 1.807) is 30.3 Å². The largest absolute Gasteiger partial charge is 0.459 e. The Balaban J connectivity index is 1.26. The van der Waals surface area contributed by atoms with Crippen LogP contribution in [0, 0.1) is 42.9 Å². The van der Waals surface area contributed by atoms with Gasteiger partial charge in [-0.25, -0.2) is 0 Å². The average Bonchev–Trinajstić information content (AvgIpc) is 3.85. The van der Waals surface area contributed by atoms with Gasteiger partial charge in [0.2, 0.25) is 18.9 Å². The van der Waals surface area contributed by atoms with Gasteiger partial charge in [-0.15, -0.1) is 6.58 Å². The molecule has 1 amide bonds. The summed E-state index contributed by atoms with van der Waals surface area (Å²) in [6.07, 6.45) is 10.8. The number of aryl methyl sites for hydroxylation is 2. The highest BCUT2D eigenvalue weighted by Gasteiger charge is 2.65. The molecule has 0 spiro atoms. The molecule has 3 heterocycles. The first-order valence-electron chi connectivity index (χ1n) is 24.5. The van der Waals surface area contributed by atoms with Gasteiger partial charge >= 0.3 is 0 Å². The number of aliphatic hydroxyl groups excluding tert-OH is 2. The van der Waals surface area contributed by atoms with Gasteiger partial charge in [-0.2, -0.15) is 5.26 Å². The van der Waals surface area contributed by atoms with Crippen LogP contribution in [0.15, 0.2) is 108 Å². The number of hydrogen-bond acceptors (Lipinski definition) is 12. The summed E-state index contributed by atoms with van der Waals surface area (Å²) >= 11 is 0. The Morgan fingerprint density at radius 1 is 0.913 bits per heavy atom.